The average Bonchev–Trinajstić information content (AvgIpc) is 2.27. The predicted octanol–water partition coefficient (Wildman–Crippen LogP) is 3.43. The van der Waals surface area contributed by atoms with Crippen LogP contribution >= 0.6 is 11.6 Å². The summed E-state index contributed by atoms with van der Waals surface area (Å²) in [5, 5.41) is 9.65. The van der Waals surface area contributed by atoms with Crippen molar-refractivity contribution in [3.05, 3.63) is 35.7 Å². The summed E-state index contributed by atoms with van der Waals surface area (Å²) in [5.41, 5.74) is 0.904. The fourth-order valence-corrected chi connectivity index (χ4v) is 1.58. The van der Waals surface area contributed by atoms with Crippen LogP contribution in [0.1, 0.15) is 31.2 Å². The van der Waals surface area contributed by atoms with Crippen LogP contribution in [-0.2, 0) is 0 Å². The summed E-state index contributed by atoms with van der Waals surface area (Å²) in [6.07, 6.45) is 2.12. The minimum absolute atomic E-state index is 0.00867. The van der Waals surface area contributed by atoms with E-state index in [0.717, 1.165) is 24.2 Å². The van der Waals surface area contributed by atoms with Crippen LogP contribution in [-0.4, -0.2) is 18.3 Å². The fourth-order valence-electron chi connectivity index (χ4n) is 1.34. The summed E-state index contributed by atoms with van der Waals surface area (Å²) in [4.78, 5) is 0. The molecule has 0 saturated heterocycles. The van der Waals surface area contributed by atoms with Crippen molar-refractivity contribution in [2.75, 3.05) is 13.2 Å². The van der Waals surface area contributed by atoms with Gasteiger partial charge in [-0.2, -0.15) is 0 Å². The number of benzene rings is 1. The number of hydrogen-bond acceptors (Lipinski definition) is 2. The molecule has 89 valence electrons. The van der Waals surface area contributed by atoms with Crippen molar-refractivity contribution < 1.29 is 9.84 Å². The van der Waals surface area contributed by atoms with Crippen molar-refractivity contribution in [2.24, 2.45) is 0 Å². The monoisotopic (exact) mass is 241 g/mol. The van der Waals surface area contributed by atoms with Crippen molar-refractivity contribution in [2.45, 2.75) is 25.7 Å². The minimum atomic E-state index is -0.160. The van der Waals surface area contributed by atoms with Crippen LogP contribution < -0.4 is 4.74 Å². The smallest absolute Gasteiger partial charge is 0.121 e. The number of ether oxygens (including phenoxy) is 1. The molecule has 0 aliphatic carbocycles. The molecule has 0 aromatic heterocycles. The van der Waals surface area contributed by atoms with E-state index in [1.807, 2.05) is 12.1 Å². The van der Waals surface area contributed by atoms with Crippen LogP contribution in [0, 0.1) is 6.92 Å². The quantitative estimate of drug-likeness (QED) is 0.774. The molecule has 1 aromatic carbocycles. The maximum Gasteiger partial charge on any atom is 0.121 e. The normalized spacial score (nSPS) is 12.5. The number of aliphatic hydroxyl groups excluding tert-OH is 1. The van der Waals surface area contributed by atoms with Gasteiger partial charge in [0.25, 0.3) is 0 Å². The first-order chi connectivity index (χ1) is 7.67. The molecule has 1 rings (SSSR count). The molecule has 1 aromatic rings. The van der Waals surface area contributed by atoms with Crippen LogP contribution in [0.15, 0.2) is 18.2 Å². The number of halogens is 1. The molecule has 0 amide bonds. The molecule has 0 aliphatic heterocycles. The van der Waals surface area contributed by atoms with E-state index in [0.29, 0.717) is 11.6 Å². The molecule has 0 saturated carbocycles. The highest BCUT2D eigenvalue weighted by Crippen LogP contribution is 2.25. The standard InChI is InChI=1S/C13H18ClO2/c1-3-4-5-16-13-7-11(10(2)9-15)6-12(14)8-13/h6-8,10,15H,2-5,9H2,1H3. The Labute approximate surface area is 102 Å². The Kier molecular flexibility index (Phi) is 5.64. The van der Waals surface area contributed by atoms with E-state index in [9.17, 15) is 0 Å². The first-order valence-corrected chi connectivity index (χ1v) is 5.92. The van der Waals surface area contributed by atoms with Gasteiger partial charge < -0.3 is 9.84 Å². The lowest BCUT2D eigenvalue weighted by Crippen LogP contribution is -2.01. The molecule has 0 heterocycles. The fraction of sp³-hybridized carbons (Fsp3) is 0.462. The highest BCUT2D eigenvalue weighted by atomic mass is 35.5. The molecular weight excluding hydrogens is 224 g/mol. The van der Waals surface area contributed by atoms with Gasteiger partial charge in [0.15, 0.2) is 0 Å². The Bertz CT molecular complexity index is 326. The Morgan fingerprint density at radius 3 is 2.81 bits per heavy atom. The number of rotatable bonds is 6. The van der Waals surface area contributed by atoms with Crippen LogP contribution in [0.3, 0.4) is 0 Å². The molecular formula is C13H18ClO2. The van der Waals surface area contributed by atoms with E-state index in [2.05, 4.69) is 13.8 Å². The van der Waals surface area contributed by atoms with E-state index < -0.39 is 0 Å². The van der Waals surface area contributed by atoms with Crippen LogP contribution in [0.25, 0.3) is 0 Å². The molecule has 1 N–H and O–H groups in total. The second kappa shape index (κ2) is 6.77. The van der Waals surface area contributed by atoms with Crippen LogP contribution in [0.2, 0.25) is 5.02 Å². The molecule has 1 radical (unpaired) electrons. The van der Waals surface area contributed by atoms with E-state index in [1.54, 1.807) is 6.07 Å². The van der Waals surface area contributed by atoms with Gasteiger partial charge in [0.05, 0.1) is 6.61 Å². The van der Waals surface area contributed by atoms with E-state index in [4.69, 9.17) is 21.4 Å². The van der Waals surface area contributed by atoms with Gasteiger partial charge in [-0.3, -0.25) is 0 Å². The van der Waals surface area contributed by atoms with Gasteiger partial charge in [0.1, 0.15) is 5.75 Å². The van der Waals surface area contributed by atoms with Gasteiger partial charge in [0.2, 0.25) is 0 Å². The third-order valence-electron chi connectivity index (χ3n) is 2.35. The Morgan fingerprint density at radius 2 is 2.19 bits per heavy atom. The number of unbranched alkanes of at least 4 members (excludes halogenated alkanes) is 1. The third kappa shape index (κ3) is 4.03. The summed E-state index contributed by atoms with van der Waals surface area (Å²) >= 11 is 5.97. The van der Waals surface area contributed by atoms with Gasteiger partial charge in [-0.25, -0.2) is 0 Å². The molecule has 16 heavy (non-hydrogen) atoms. The molecule has 1 unspecified atom stereocenters. The Hall–Kier alpha value is -0.730. The molecule has 0 bridgehead atoms. The molecule has 1 atom stereocenters. The lowest BCUT2D eigenvalue weighted by molar-refractivity contribution is 0.281. The summed E-state index contributed by atoms with van der Waals surface area (Å²) < 4.78 is 5.57. The van der Waals surface area contributed by atoms with Gasteiger partial charge in [-0.1, -0.05) is 24.9 Å². The van der Waals surface area contributed by atoms with Crippen molar-refractivity contribution in [3.63, 3.8) is 0 Å². The summed E-state index contributed by atoms with van der Waals surface area (Å²) in [5.74, 6) is 0.588. The number of aliphatic hydroxyl groups is 1. The first kappa shape index (κ1) is 13.3. The highest BCUT2D eigenvalue weighted by molar-refractivity contribution is 6.30. The first-order valence-electron chi connectivity index (χ1n) is 5.54. The Balaban J connectivity index is 2.73. The topological polar surface area (TPSA) is 29.5 Å². The van der Waals surface area contributed by atoms with Gasteiger partial charge >= 0.3 is 0 Å². The van der Waals surface area contributed by atoms with Gasteiger partial charge in [0, 0.05) is 17.5 Å². The zero-order valence-corrected chi connectivity index (χ0v) is 10.3. The molecule has 0 aliphatic rings. The van der Waals surface area contributed by atoms with Crippen LogP contribution in [0.5, 0.6) is 5.75 Å². The van der Waals surface area contributed by atoms with E-state index in [1.165, 1.54) is 0 Å². The molecule has 2 nitrogen and oxygen atoms in total. The zero-order valence-electron chi connectivity index (χ0n) is 9.58. The summed E-state index contributed by atoms with van der Waals surface area (Å²) in [7, 11) is 0. The summed E-state index contributed by atoms with van der Waals surface area (Å²) in [6, 6.07) is 5.47. The van der Waals surface area contributed by atoms with Crippen LogP contribution in [0.4, 0.5) is 0 Å². The van der Waals surface area contributed by atoms with E-state index in [-0.39, 0.29) is 12.5 Å². The van der Waals surface area contributed by atoms with Crippen molar-refractivity contribution in [1.82, 2.24) is 0 Å². The molecule has 0 fully saturated rings. The lowest BCUT2D eigenvalue weighted by Gasteiger charge is -2.12. The second-order valence-electron chi connectivity index (χ2n) is 3.80. The lowest BCUT2D eigenvalue weighted by atomic mass is 10.0. The SMILES string of the molecule is [CH2]C(CO)c1cc(Cl)cc(OCCCC)c1. The predicted molar refractivity (Wildman–Crippen MR) is 67.0 cm³/mol. The molecule has 3 heteroatoms. The van der Waals surface area contributed by atoms with Gasteiger partial charge in [-0.15, -0.1) is 0 Å². The Morgan fingerprint density at radius 1 is 1.44 bits per heavy atom. The van der Waals surface area contributed by atoms with Crippen molar-refractivity contribution >= 4 is 11.6 Å². The van der Waals surface area contributed by atoms with Crippen molar-refractivity contribution in [1.29, 1.82) is 0 Å². The second-order valence-corrected chi connectivity index (χ2v) is 4.24. The third-order valence-corrected chi connectivity index (χ3v) is 2.57. The van der Waals surface area contributed by atoms with E-state index >= 15 is 0 Å². The molecule has 0 spiro atoms. The minimum Gasteiger partial charge on any atom is -0.494 e. The average molecular weight is 242 g/mol. The van der Waals surface area contributed by atoms with Gasteiger partial charge in [-0.05, 0) is 37.1 Å². The number of hydrogen-bond donors (Lipinski definition) is 1. The maximum absolute atomic E-state index is 9.04. The van der Waals surface area contributed by atoms with Crippen molar-refractivity contribution in [3.8, 4) is 5.75 Å². The highest BCUT2D eigenvalue weighted by Gasteiger charge is 2.07. The summed E-state index contributed by atoms with van der Waals surface area (Å²) in [6.45, 7) is 6.66. The zero-order chi connectivity index (χ0) is 12.0. The largest absolute Gasteiger partial charge is 0.494 e. The maximum atomic E-state index is 9.04.